The average Bonchev–Trinajstić information content (AvgIpc) is 2.68. The Morgan fingerprint density at radius 3 is 2.94 bits per heavy atom. The largest absolute Gasteiger partial charge is 0.469 e. The lowest BCUT2D eigenvalue weighted by atomic mass is 10.2. The number of aliphatic imine (C=N–C) groups is 1. The van der Waals surface area contributed by atoms with E-state index in [1.54, 1.807) is 23.4 Å². The van der Waals surface area contributed by atoms with Crippen LogP contribution in [0.15, 0.2) is 17.3 Å². The quantitative estimate of drug-likeness (QED) is 0.590. The maximum absolute atomic E-state index is 10.6. The lowest BCUT2D eigenvalue weighted by Gasteiger charge is -2.26. The molecule has 0 amide bonds. The third-order valence-corrected chi connectivity index (χ3v) is 3.18. The number of ether oxygens (including phenoxy) is 1. The van der Waals surface area contributed by atoms with E-state index in [9.17, 15) is 9.67 Å². The topological polar surface area (TPSA) is 112 Å². The summed E-state index contributed by atoms with van der Waals surface area (Å²) in [5.74, 6) is 0. The van der Waals surface area contributed by atoms with Crippen LogP contribution in [-0.2, 0) is 13.8 Å². The highest BCUT2D eigenvalue weighted by molar-refractivity contribution is 7.46. The molecule has 0 spiro atoms. The van der Waals surface area contributed by atoms with E-state index < -0.39 is 20.0 Å². The summed E-state index contributed by atoms with van der Waals surface area (Å²) in [4.78, 5) is 23.0. The van der Waals surface area contributed by atoms with Gasteiger partial charge in [-0.3, -0.25) is 9.52 Å². The molecule has 18 heavy (non-hydrogen) atoms. The molecule has 3 N–H and O–H groups in total. The highest BCUT2D eigenvalue weighted by Crippen LogP contribution is 2.37. The van der Waals surface area contributed by atoms with Gasteiger partial charge in [0, 0.05) is 18.8 Å². The second kappa shape index (κ2) is 5.48. The van der Waals surface area contributed by atoms with E-state index in [4.69, 9.17) is 14.5 Å². The number of hydrogen-bond donors (Lipinski definition) is 3. The van der Waals surface area contributed by atoms with Crippen molar-refractivity contribution in [1.29, 1.82) is 0 Å². The first-order valence-electron chi connectivity index (χ1n) is 5.42. The molecule has 2 aliphatic rings. The van der Waals surface area contributed by atoms with Crippen molar-refractivity contribution in [1.82, 2.24) is 4.90 Å². The van der Waals surface area contributed by atoms with Gasteiger partial charge in [-0.1, -0.05) is 0 Å². The van der Waals surface area contributed by atoms with Gasteiger partial charge in [0.1, 0.15) is 19.0 Å². The Labute approximate surface area is 104 Å². The first-order chi connectivity index (χ1) is 8.46. The molecule has 1 fully saturated rings. The van der Waals surface area contributed by atoms with Gasteiger partial charge in [0.2, 0.25) is 0 Å². The molecule has 0 bridgehead atoms. The number of nitrogens with zero attached hydrogens (tertiary/aromatic N) is 2. The minimum Gasteiger partial charge on any atom is -0.390 e. The molecule has 0 unspecified atom stereocenters. The number of allylic oxidation sites excluding steroid dienone is 1. The molecule has 0 aromatic rings. The first-order valence-corrected chi connectivity index (χ1v) is 6.95. The number of aliphatic hydroxyl groups is 1. The molecule has 9 heteroatoms. The van der Waals surface area contributed by atoms with Crippen LogP contribution < -0.4 is 0 Å². The SMILES string of the molecule is O=P(O)(O)OC[C@H]1O[C@@H](N2C=CC=NC2)C[C@@H]1O. The molecule has 102 valence electrons. The van der Waals surface area contributed by atoms with Gasteiger partial charge in [-0.2, -0.15) is 0 Å². The number of rotatable bonds is 4. The number of hydrogen-bond acceptors (Lipinski definition) is 6. The van der Waals surface area contributed by atoms with Gasteiger partial charge in [0.05, 0.1) is 12.7 Å². The van der Waals surface area contributed by atoms with E-state index in [0.717, 1.165) is 0 Å². The second-order valence-electron chi connectivity index (χ2n) is 4.05. The molecular formula is C9H15N2O6P. The van der Waals surface area contributed by atoms with E-state index in [2.05, 4.69) is 9.52 Å². The Bertz CT molecular complexity index is 395. The van der Waals surface area contributed by atoms with Gasteiger partial charge in [-0.25, -0.2) is 4.57 Å². The zero-order valence-electron chi connectivity index (χ0n) is 9.49. The summed E-state index contributed by atoms with van der Waals surface area (Å²) >= 11 is 0. The third-order valence-electron chi connectivity index (χ3n) is 2.70. The van der Waals surface area contributed by atoms with E-state index in [1.807, 2.05) is 0 Å². The molecule has 0 saturated carbocycles. The van der Waals surface area contributed by atoms with Crippen LogP contribution in [0, 0.1) is 0 Å². The van der Waals surface area contributed by atoms with Crippen molar-refractivity contribution in [3.63, 3.8) is 0 Å². The van der Waals surface area contributed by atoms with Crippen molar-refractivity contribution in [2.45, 2.75) is 24.9 Å². The maximum atomic E-state index is 10.6. The summed E-state index contributed by atoms with van der Waals surface area (Å²) in [6, 6.07) is 0. The Morgan fingerprint density at radius 2 is 2.33 bits per heavy atom. The number of phosphoric ester groups is 1. The summed E-state index contributed by atoms with van der Waals surface area (Å²) in [6.07, 6.45) is 3.61. The Balaban J connectivity index is 1.86. The number of phosphoric acid groups is 1. The summed E-state index contributed by atoms with van der Waals surface area (Å²) in [5.41, 5.74) is 0. The minimum absolute atomic E-state index is 0.342. The van der Waals surface area contributed by atoms with Crippen LogP contribution in [0.5, 0.6) is 0 Å². The molecule has 0 aromatic carbocycles. The lowest BCUT2D eigenvalue weighted by molar-refractivity contribution is -0.0627. The van der Waals surface area contributed by atoms with Crippen LogP contribution in [0.4, 0.5) is 0 Å². The Hall–Kier alpha value is -0.760. The Kier molecular flexibility index (Phi) is 4.16. The highest BCUT2D eigenvalue weighted by Gasteiger charge is 2.37. The number of aliphatic hydroxyl groups excluding tert-OH is 1. The van der Waals surface area contributed by atoms with Crippen LogP contribution >= 0.6 is 7.82 Å². The normalized spacial score (nSPS) is 32.2. The fourth-order valence-corrected chi connectivity index (χ4v) is 2.17. The lowest BCUT2D eigenvalue weighted by Crippen LogP contribution is -2.32. The van der Waals surface area contributed by atoms with Gasteiger partial charge >= 0.3 is 7.82 Å². The summed E-state index contributed by atoms with van der Waals surface area (Å²) < 4.78 is 20.4. The van der Waals surface area contributed by atoms with Crippen LogP contribution in [0.25, 0.3) is 0 Å². The van der Waals surface area contributed by atoms with Gasteiger partial charge < -0.3 is 24.5 Å². The maximum Gasteiger partial charge on any atom is 0.469 e. The summed E-state index contributed by atoms with van der Waals surface area (Å²) in [5, 5.41) is 9.74. The van der Waals surface area contributed by atoms with Gasteiger partial charge in [-0.05, 0) is 6.08 Å². The van der Waals surface area contributed by atoms with Gasteiger partial charge in [-0.15, -0.1) is 0 Å². The molecule has 2 rings (SSSR count). The van der Waals surface area contributed by atoms with Crippen molar-refractivity contribution >= 4 is 14.0 Å². The molecule has 1 saturated heterocycles. The van der Waals surface area contributed by atoms with Crippen LogP contribution in [0.3, 0.4) is 0 Å². The molecule has 2 aliphatic heterocycles. The van der Waals surface area contributed by atoms with Crippen molar-refractivity contribution < 1.29 is 28.7 Å². The fraction of sp³-hybridized carbons (Fsp3) is 0.667. The molecule has 0 radical (unpaired) electrons. The third kappa shape index (κ3) is 3.61. The minimum atomic E-state index is -4.54. The monoisotopic (exact) mass is 278 g/mol. The zero-order chi connectivity index (χ0) is 13.2. The van der Waals surface area contributed by atoms with E-state index in [0.29, 0.717) is 13.1 Å². The molecule has 3 atom stereocenters. The van der Waals surface area contributed by atoms with Crippen molar-refractivity contribution in [2.75, 3.05) is 13.3 Å². The van der Waals surface area contributed by atoms with Crippen molar-refractivity contribution in [3.05, 3.63) is 12.3 Å². The predicted octanol–water partition coefficient (Wildman–Crippen LogP) is -0.571. The summed E-state index contributed by atoms with van der Waals surface area (Å²) in [6.45, 7) is 0.0860. The zero-order valence-corrected chi connectivity index (χ0v) is 10.4. The predicted molar refractivity (Wildman–Crippen MR) is 61.6 cm³/mol. The van der Waals surface area contributed by atoms with E-state index in [-0.39, 0.29) is 12.8 Å². The van der Waals surface area contributed by atoms with Crippen LogP contribution in [0.2, 0.25) is 0 Å². The van der Waals surface area contributed by atoms with Crippen LogP contribution in [-0.4, -0.2) is 57.7 Å². The Morgan fingerprint density at radius 1 is 1.56 bits per heavy atom. The standard InChI is InChI=1S/C9H15N2O6P/c12-7-4-9(11-3-1-2-10-6-11)17-8(7)5-16-18(13,14)15/h1-3,7-9,12H,4-6H2,(H2,13,14,15)/t7-,8+,9+/m0/s1. The second-order valence-corrected chi connectivity index (χ2v) is 5.29. The molecule has 0 aliphatic carbocycles. The van der Waals surface area contributed by atoms with E-state index in [1.165, 1.54) is 0 Å². The fourth-order valence-electron chi connectivity index (χ4n) is 1.83. The van der Waals surface area contributed by atoms with Crippen molar-refractivity contribution in [2.24, 2.45) is 4.99 Å². The molecule has 8 nitrogen and oxygen atoms in total. The first kappa shape index (κ1) is 13.7. The van der Waals surface area contributed by atoms with Gasteiger partial charge in [0.25, 0.3) is 0 Å². The molecule has 0 aromatic heterocycles. The molecular weight excluding hydrogens is 263 g/mol. The molecule has 2 heterocycles. The van der Waals surface area contributed by atoms with E-state index >= 15 is 0 Å². The van der Waals surface area contributed by atoms with Crippen molar-refractivity contribution in [3.8, 4) is 0 Å². The average molecular weight is 278 g/mol. The summed E-state index contributed by atoms with van der Waals surface area (Å²) in [7, 11) is -4.54. The van der Waals surface area contributed by atoms with Crippen LogP contribution in [0.1, 0.15) is 6.42 Å². The smallest absolute Gasteiger partial charge is 0.390 e. The highest BCUT2D eigenvalue weighted by atomic mass is 31.2. The van der Waals surface area contributed by atoms with Gasteiger partial charge in [0.15, 0.2) is 0 Å².